The van der Waals surface area contributed by atoms with Gasteiger partial charge in [0.15, 0.2) is 22.9 Å². The number of hydrogen-bond donors (Lipinski definition) is 3. The summed E-state index contributed by atoms with van der Waals surface area (Å²) in [5.74, 6) is -0.0357. The van der Waals surface area contributed by atoms with Crippen LogP contribution < -0.4 is 25.9 Å². The van der Waals surface area contributed by atoms with Crippen molar-refractivity contribution in [3.05, 3.63) is 58.5 Å². The molecule has 2 aromatic carbocycles. The predicted molar refractivity (Wildman–Crippen MR) is 119 cm³/mol. The fourth-order valence-electron chi connectivity index (χ4n) is 3.10. The second-order valence-electron chi connectivity index (χ2n) is 6.82. The van der Waals surface area contributed by atoms with Crippen molar-refractivity contribution in [3.8, 4) is 11.5 Å². The molecule has 0 aliphatic rings. The first kappa shape index (κ1) is 21.2. The van der Waals surface area contributed by atoms with Crippen LogP contribution in [0.1, 0.15) is 19.4 Å². The van der Waals surface area contributed by atoms with Crippen LogP contribution in [0.25, 0.3) is 11.1 Å². The molecular weight excluding hydrogens is 417 g/mol. The van der Waals surface area contributed by atoms with E-state index in [4.69, 9.17) is 13.9 Å². The minimum Gasteiger partial charge on any atom is -0.490 e. The van der Waals surface area contributed by atoms with E-state index in [9.17, 15) is 4.79 Å². The molecule has 0 saturated heterocycles. The number of nitrogens with zero attached hydrogens (tertiary/aromatic N) is 2. The van der Waals surface area contributed by atoms with E-state index in [1.54, 1.807) is 43.5 Å². The van der Waals surface area contributed by atoms with Crippen molar-refractivity contribution in [1.29, 1.82) is 0 Å². The van der Waals surface area contributed by atoms with E-state index in [2.05, 4.69) is 25.6 Å². The van der Waals surface area contributed by atoms with E-state index in [-0.39, 0.29) is 17.4 Å². The topological polar surface area (TPSA) is 114 Å². The summed E-state index contributed by atoms with van der Waals surface area (Å²) in [5.41, 5.74) is 2.64. The molecular formula is C22H22FN5O4. The van der Waals surface area contributed by atoms with E-state index in [0.29, 0.717) is 41.6 Å². The Morgan fingerprint density at radius 3 is 2.72 bits per heavy atom. The number of H-pyrrole nitrogens is 1. The molecule has 166 valence electrons. The number of halogens is 1. The van der Waals surface area contributed by atoms with Crippen LogP contribution in [0.2, 0.25) is 0 Å². The normalized spacial score (nSPS) is 10.9. The van der Waals surface area contributed by atoms with Crippen molar-refractivity contribution in [2.24, 2.45) is 0 Å². The number of aromatic nitrogens is 3. The average Bonchev–Trinajstić information content (AvgIpc) is 3.14. The quantitative estimate of drug-likeness (QED) is 0.364. The minimum absolute atomic E-state index is 0.0345. The van der Waals surface area contributed by atoms with Crippen molar-refractivity contribution in [2.75, 3.05) is 23.8 Å². The molecule has 0 aliphatic heterocycles. The molecule has 4 rings (SSSR count). The van der Waals surface area contributed by atoms with Crippen LogP contribution in [0.5, 0.6) is 11.5 Å². The van der Waals surface area contributed by atoms with Gasteiger partial charge >= 0.3 is 5.76 Å². The number of rotatable bonds is 8. The van der Waals surface area contributed by atoms with Crippen molar-refractivity contribution in [1.82, 2.24) is 15.0 Å². The van der Waals surface area contributed by atoms with Crippen molar-refractivity contribution < 1.29 is 18.3 Å². The molecule has 0 saturated carbocycles. The number of hydrogen-bond acceptors (Lipinski definition) is 8. The first-order valence-corrected chi connectivity index (χ1v) is 10.1. The van der Waals surface area contributed by atoms with Gasteiger partial charge in [0.1, 0.15) is 5.82 Å². The summed E-state index contributed by atoms with van der Waals surface area (Å²) in [4.78, 5) is 22.7. The van der Waals surface area contributed by atoms with Crippen molar-refractivity contribution in [2.45, 2.75) is 20.8 Å². The third-order valence-corrected chi connectivity index (χ3v) is 4.55. The number of ether oxygens (including phenoxy) is 2. The molecule has 0 fully saturated rings. The molecule has 4 aromatic rings. The largest absolute Gasteiger partial charge is 0.490 e. The number of fused-ring (bicyclic) bond motifs is 1. The SMILES string of the molecule is CCOc1ccc(Nc2ncc(C)c(Nc3ccc4oc(=O)[nH]c4c3)n2)c(F)c1OCC. The molecule has 0 radical (unpaired) electrons. The minimum atomic E-state index is -0.592. The lowest BCUT2D eigenvalue weighted by Crippen LogP contribution is -2.06. The molecule has 0 bridgehead atoms. The number of benzene rings is 2. The van der Waals surface area contributed by atoms with E-state index >= 15 is 4.39 Å². The van der Waals surface area contributed by atoms with Gasteiger partial charge in [0.25, 0.3) is 0 Å². The lowest BCUT2D eigenvalue weighted by Gasteiger charge is -2.15. The zero-order chi connectivity index (χ0) is 22.7. The Morgan fingerprint density at radius 1 is 1.12 bits per heavy atom. The Balaban J connectivity index is 1.61. The summed E-state index contributed by atoms with van der Waals surface area (Å²) in [6, 6.07) is 8.34. The summed E-state index contributed by atoms with van der Waals surface area (Å²) >= 11 is 0. The monoisotopic (exact) mass is 439 g/mol. The van der Waals surface area contributed by atoms with E-state index in [1.165, 1.54) is 0 Å². The third kappa shape index (κ3) is 4.34. The van der Waals surface area contributed by atoms with Gasteiger partial charge in [0.05, 0.1) is 24.4 Å². The highest BCUT2D eigenvalue weighted by Gasteiger charge is 2.17. The summed E-state index contributed by atoms with van der Waals surface area (Å²) in [5, 5.41) is 6.07. The van der Waals surface area contributed by atoms with Crippen LogP contribution in [0, 0.1) is 12.7 Å². The van der Waals surface area contributed by atoms with E-state index in [1.807, 2.05) is 13.8 Å². The first-order valence-electron chi connectivity index (χ1n) is 10.1. The van der Waals surface area contributed by atoms with Crippen LogP contribution >= 0.6 is 0 Å². The Morgan fingerprint density at radius 2 is 1.94 bits per heavy atom. The van der Waals surface area contributed by atoms with Crippen LogP contribution in [0.4, 0.5) is 27.5 Å². The zero-order valence-electron chi connectivity index (χ0n) is 17.8. The van der Waals surface area contributed by atoms with E-state index in [0.717, 1.165) is 5.56 Å². The Bertz CT molecular complexity index is 1320. The highest BCUT2D eigenvalue weighted by Crippen LogP contribution is 2.36. The van der Waals surface area contributed by atoms with Crippen molar-refractivity contribution >= 4 is 34.2 Å². The molecule has 0 atom stereocenters. The standard InChI is InChI=1S/C22H22FN5O4/c1-4-30-17-9-7-14(18(23)19(17)31-5-2)26-21-24-11-12(3)20(28-21)25-13-6-8-16-15(10-13)27-22(29)32-16/h6-11H,4-5H2,1-3H3,(H,27,29)(H2,24,25,26,28). The second-order valence-corrected chi connectivity index (χ2v) is 6.82. The maximum Gasteiger partial charge on any atom is 0.417 e. The van der Waals surface area contributed by atoms with Gasteiger partial charge in [-0.25, -0.2) is 14.2 Å². The van der Waals surface area contributed by atoms with Gasteiger partial charge in [0, 0.05) is 17.4 Å². The van der Waals surface area contributed by atoms with E-state index < -0.39 is 11.6 Å². The second kappa shape index (κ2) is 8.96. The first-order chi connectivity index (χ1) is 15.5. The Hall–Kier alpha value is -4.08. The number of oxazole rings is 1. The summed E-state index contributed by atoms with van der Waals surface area (Å²) in [6.45, 7) is 6.11. The molecule has 3 N–H and O–H groups in total. The van der Waals surface area contributed by atoms with Gasteiger partial charge in [-0.1, -0.05) is 0 Å². The molecule has 32 heavy (non-hydrogen) atoms. The molecule has 9 nitrogen and oxygen atoms in total. The molecule has 0 spiro atoms. The Labute approximate surface area is 182 Å². The summed E-state index contributed by atoms with van der Waals surface area (Å²) < 4.78 is 30.9. The van der Waals surface area contributed by atoms with Crippen molar-refractivity contribution in [3.63, 3.8) is 0 Å². The van der Waals surface area contributed by atoms with Gasteiger partial charge in [-0.05, 0) is 51.1 Å². The smallest absolute Gasteiger partial charge is 0.417 e. The molecule has 10 heteroatoms. The number of aryl methyl sites for hydroxylation is 1. The highest BCUT2D eigenvalue weighted by molar-refractivity contribution is 5.78. The van der Waals surface area contributed by atoms with Gasteiger partial charge < -0.3 is 24.5 Å². The average molecular weight is 439 g/mol. The van der Waals surface area contributed by atoms with Gasteiger partial charge in [-0.2, -0.15) is 4.98 Å². The summed E-state index contributed by atoms with van der Waals surface area (Å²) in [7, 11) is 0. The van der Waals surface area contributed by atoms with Crippen LogP contribution in [0.15, 0.2) is 45.7 Å². The lowest BCUT2D eigenvalue weighted by molar-refractivity contribution is 0.276. The number of aromatic amines is 1. The van der Waals surface area contributed by atoms with Crippen LogP contribution in [-0.2, 0) is 0 Å². The number of anilines is 4. The molecule has 0 amide bonds. The van der Waals surface area contributed by atoms with Gasteiger partial charge in [-0.3, -0.25) is 4.98 Å². The highest BCUT2D eigenvalue weighted by atomic mass is 19.1. The zero-order valence-corrected chi connectivity index (χ0v) is 17.8. The fraction of sp³-hybridized carbons (Fsp3) is 0.227. The maximum atomic E-state index is 15.0. The fourth-order valence-corrected chi connectivity index (χ4v) is 3.10. The van der Waals surface area contributed by atoms with Crippen LogP contribution in [0.3, 0.4) is 0 Å². The Kier molecular flexibility index (Phi) is 5.93. The predicted octanol–water partition coefficient (Wildman–Crippen LogP) is 4.64. The lowest BCUT2D eigenvalue weighted by atomic mass is 10.2. The molecule has 0 unspecified atom stereocenters. The molecule has 2 heterocycles. The third-order valence-electron chi connectivity index (χ3n) is 4.55. The maximum absolute atomic E-state index is 15.0. The molecule has 0 aliphatic carbocycles. The van der Waals surface area contributed by atoms with Crippen LogP contribution in [-0.4, -0.2) is 28.2 Å². The van der Waals surface area contributed by atoms with Gasteiger partial charge in [-0.15, -0.1) is 0 Å². The van der Waals surface area contributed by atoms with Gasteiger partial charge in [0.2, 0.25) is 5.95 Å². The molecule has 2 aromatic heterocycles. The summed E-state index contributed by atoms with van der Waals surface area (Å²) in [6.07, 6.45) is 1.62. The number of nitrogens with one attached hydrogen (secondary N) is 3.